The monoisotopic (exact) mass is 265 g/mol. The second-order valence-electron chi connectivity index (χ2n) is 5.33. The Labute approximate surface area is 114 Å². The molecule has 0 fully saturated rings. The van der Waals surface area contributed by atoms with Crippen LogP contribution in [-0.4, -0.2) is 44.1 Å². The molecule has 0 bridgehead atoms. The van der Waals surface area contributed by atoms with Gasteiger partial charge in [-0.2, -0.15) is 0 Å². The third-order valence-electron chi connectivity index (χ3n) is 3.27. The molecule has 1 rings (SSSR count). The summed E-state index contributed by atoms with van der Waals surface area (Å²) in [5.41, 5.74) is 6.68. The summed E-state index contributed by atoms with van der Waals surface area (Å²) in [6.45, 7) is 4.60. The lowest BCUT2D eigenvalue weighted by molar-refractivity contribution is 0.0942. The minimum Gasteiger partial charge on any atom is -0.491 e. The summed E-state index contributed by atoms with van der Waals surface area (Å²) in [6, 6.07) is 5.04. The number of nitrogens with zero attached hydrogens (tertiary/aromatic N) is 1. The molecule has 5 nitrogen and oxygen atoms in total. The molecule has 0 atom stereocenters. The third kappa shape index (κ3) is 3.86. The molecule has 0 aliphatic carbocycles. The van der Waals surface area contributed by atoms with Crippen molar-refractivity contribution in [1.29, 1.82) is 0 Å². The van der Waals surface area contributed by atoms with E-state index in [2.05, 4.69) is 24.1 Å². The average molecular weight is 265 g/mol. The number of likely N-dealkylation sites (N-methyl/N-ethyl adjacent to an activating group) is 1. The standard InChI is InChI=1S/C14H23N3O2/c1-14(2,17(4)5)9-19-12-8-10(15)6-7-11(12)13(18)16-3/h6-8H,9,15H2,1-5H3,(H,16,18). The van der Waals surface area contributed by atoms with Gasteiger partial charge in [0.05, 0.1) is 5.56 Å². The maximum atomic E-state index is 11.8. The number of hydrogen-bond acceptors (Lipinski definition) is 4. The van der Waals surface area contributed by atoms with Crippen LogP contribution in [-0.2, 0) is 0 Å². The number of nitrogens with two attached hydrogens (primary N) is 1. The molecule has 3 N–H and O–H groups in total. The molecular formula is C14H23N3O2. The van der Waals surface area contributed by atoms with Crippen LogP contribution in [0.5, 0.6) is 5.75 Å². The van der Waals surface area contributed by atoms with E-state index in [0.717, 1.165) is 0 Å². The van der Waals surface area contributed by atoms with Gasteiger partial charge in [0.15, 0.2) is 0 Å². The molecule has 0 aromatic heterocycles. The molecule has 1 amide bonds. The van der Waals surface area contributed by atoms with Crippen molar-refractivity contribution < 1.29 is 9.53 Å². The van der Waals surface area contributed by atoms with E-state index in [1.807, 2.05) is 14.1 Å². The molecule has 19 heavy (non-hydrogen) atoms. The highest BCUT2D eigenvalue weighted by Crippen LogP contribution is 2.23. The molecule has 0 saturated heterocycles. The van der Waals surface area contributed by atoms with Crippen LogP contribution >= 0.6 is 0 Å². The number of carbonyl (C=O) groups is 1. The van der Waals surface area contributed by atoms with E-state index in [4.69, 9.17) is 10.5 Å². The van der Waals surface area contributed by atoms with E-state index in [-0.39, 0.29) is 11.4 Å². The first kappa shape index (κ1) is 15.3. The molecule has 1 aromatic carbocycles. The van der Waals surface area contributed by atoms with E-state index in [1.165, 1.54) is 0 Å². The number of carbonyl (C=O) groups excluding carboxylic acids is 1. The van der Waals surface area contributed by atoms with Crippen LogP contribution in [0.1, 0.15) is 24.2 Å². The largest absolute Gasteiger partial charge is 0.491 e. The summed E-state index contributed by atoms with van der Waals surface area (Å²) in [5, 5.41) is 2.59. The normalized spacial score (nSPS) is 11.5. The molecule has 0 heterocycles. The molecule has 5 heteroatoms. The second-order valence-corrected chi connectivity index (χ2v) is 5.33. The number of nitrogen functional groups attached to an aromatic ring is 1. The third-order valence-corrected chi connectivity index (χ3v) is 3.27. The SMILES string of the molecule is CNC(=O)c1ccc(N)cc1OCC(C)(C)N(C)C. The first-order chi connectivity index (χ1) is 8.77. The van der Waals surface area contributed by atoms with Crippen molar-refractivity contribution in [1.82, 2.24) is 10.2 Å². The number of nitrogens with one attached hydrogen (secondary N) is 1. The van der Waals surface area contributed by atoms with Crippen LogP contribution in [0.2, 0.25) is 0 Å². The molecule has 0 aliphatic rings. The zero-order chi connectivity index (χ0) is 14.6. The molecule has 0 radical (unpaired) electrons. The van der Waals surface area contributed by atoms with Crippen LogP contribution in [0.15, 0.2) is 18.2 Å². The fourth-order valence-corrected chi connectivity index (χ4v) is 1.36. The molecule has 0 spiro atoms. The Morgan fingerprint density at radius 3 is 2.58 bits per heavy atom. The Balaban J connectivity index is 2.94. The van der Waals surface area contributed by atoms with Crippen molar-refractivity contribution in [3.63, 3.8) is 0 Å². The highest BCUT2D eigenvalue weighted by Gasteiger charge is 2.22. The lowest BCUT2D eigenvalue weighted by atomic mass is 10.1. The van der Waals surface area contributed by atoms with Crippen molar-refractivity contribution >= 4 is 11.6 Å². The van der Waals surface area contributed by atoms with Crippen molar-refractivity contribution in [2.45, 2.75) is 19.4 Å². The summed E-state index contributed by atoms with van der Waals surface area (Å²) >= 11 is 0. The summed E-state index contributed by atoms with van der Waals surface area (Å²) in [5.74, 6) is 0.326. The van der Waals surface area contributed by atoms with Crippen LogP contribution < -0.4 is 15.8 Å². The molecule has 1 aromatic rings. The lowest BCUT2D eigenvalue weighted by Crippen LogP contribution is -2.43. The molecule has 0 saturated carbocycles. The zero-order valence-corrected chi connectivity index (χ0v) is 12.3. The van der Waals surface area contributed by atoms with E-state index >= 15 is 0 Å². The molecule has 106 valence electrons. The Morgan fingerprint density at radius 2 is 2.05 bits per heavy atom. The number of amides is 1. The van der Waals surface area contributed by atoms with Crippen molar-refractivity contribution in [2.75, 3.05) is 33.5 Å². The van der Waals surface area contributed by atoms with Crippen molar-refractivity contribution in [2.24, 2.45) is 0 Å². The topological polar surface area (TPSA) is 67.6 Å². The summed E-state index contributed by atoms with van der Waals surface area (Å²) in [4.78, 5) is 13.8. The van der Waals surface area contributed by atoms with Gasteiger partial charge in [0.1, 0.15) is 12.4 Å². The first-order valence-corrected chi connectivity index (χ1v) is 6.20. The maximum Gasteiger partial charge on any atom is 0.254 e. The predicted octanol–water partition coefficient (Wildman–Crippen LogP) is 1.35. The fourth-order valence-electron chi connectivity index (χ4n) is 1.36. The van der Waals surface area contributed by atoms with Crippen molar-refractivity contribution in [3.8, 4) is 5.75 Å². The smallest absolute Gasteiger partial charge is 0.254 e. The zero-order valence-electron chi connectivity index (χ0n) is 12.3. The van der Waals surface area contributed by atoms with Gasteiger partial charge in [0.2, 0.25) is 0 Å². The summed E-state index contributed by atoms with van der Waals surface area (Å²) in [6.07, 6.45) is 0. The van der Waals surface area contributed by atoms with Gasteiger partial charge < -0.3 is 20.7 Å². The first-order valence-electron chi connectivity index (χ1n) is 6.20. The highest BCUT2D eigenvalue weighted by molar-refractivity contribution is 5.97. The van der Waals surface area contributed by atoms with Gasteiger partial charge in [-0.25, -0.2) is 0 Å². The van der Waals surface area contributed by atoms with Gasteiger partial charge in [-0.1, -0.05) is 0 Å². The van der Waals surface area contributed by atoms with Gasteiger partial charge in [-0.3, -0.25) is 4.79 Å². The van der Waals surface area contributed by atoms with Gasteiger partial charge in [-0.15, -0.1) is 0 Å². The average Bonchev–Trinajstić information content (AvgIpc) is 2.35. The summed E-state index contributed by atoms with van der Waals surface area (Å²) < 4.78 is 5.78. The van der Waals surface area contributed by atoms with E-state index < -0.39 is 0 Å². The van der Waals surface area contributed by atoms with Crippen molar-refractivity contribution in [3.05, 3.63) is 23.8 Å². The predicted molar refractivity (Wildman–Crippen MR) is 77.5 cm³/mol. The van der Waals surface area contributed by atoms with Gasteiger partial charge >= 0.3 is 0 Å². The van der Waals surface area contributed by atoms with Gasteiger partial charge in [-0.05, 0) is 40.1 Å². The minimum absolute atomic E-state index is 0.134. The minimum atomic E-state index is -0.183. The molecule has 0 unspecified atom stereocenters. The molecule has 0 aliphatic heterocycles. The van der Waals surface area contributed by atoms with E-state index in [9.17, 15) is 4.79 Å². The van der Waals surface area contributed by atoms with Crippen LogP contribution in [0.3, 0.4) is 0 Å². The summed E-state index contributed by atoms with van der Waals surface area (Å²) in [7, 11) is 5.57. The van der Waals surface area contributed by atoms with E-state index in [1.54, 1.807) is 25.2 Å². The highest BCUT2D eigenvalue weighted by atomic mass is 16.5. The quantitative estimate of drug-likeness (QED) is 0.789. The van der Waals surface area contributed by atoms with Crippen LogP contribution in [0.25, 0.3) is 0 Å². The Bertz CT molecular complexity index is 456. The van der Waals surface area contributed by atoms with Crippen LogP contribution in [0.4, 0.5) is 5.69 Å². The van der Waals surface area contributed by atoms with Gasteiger partial charge in [0.25, 0.3) is 5.91 Å². The van der Waals surface area contributed by atoms with Crippen LogP contribution in [0, 0.1) is 0 Å². The number of hydrogen-bond donors (Lipinski definition) is 2. The van der Waals surface area contributed by atoms with Gasteiger partial charge in [0, 0.05) is 24.3 Å². The number of rotatable bonds is 5. The molecular weight excluding hydrogens is 242 g/mol. The Hall–Kier alpha value is -1.75. The Morgan fingerprint density at radius 1 is 1.42 bits per heavy atom. The Kier molecular flexibility index (Phi) is 4.78. The number of benzene rings is 1. The fraction of sp³-hybridized carbons (Fsp3) is 0.500. The van der Waals surface area contributed by atoms with E-state index in [0.29, 0.717) is 23.6 Å². The maximum absolute atomic E-state index is 11.8. The second kappa shape index (κ2) is 5.93. The number of anilines is 1. The lowest BCUT2D eigenvalue weighted by Gasteiger charge is -2.32. The number of ether oxygens (including phenoxy) is 1.